The van der Waals surface area contributed by atoms with Gasteiger partial charge < -0.3 is 5.73 Å². The number of hydrogen-bond donors (Lipinski definition) is 1. The van der Waals surface area contributed by atoms with Crippen LogP contribution >= 0.6 is 11.6 Å². The van der Waals surface area contributed by atoms with E-state index in [0.29, 0.717) is 12.5 Å². The minimum atomic E-state index is 0.153. The van der Waals surface area contributed by atoms with Crippen molar-refractivity contribution in [1.29, 1.82) is 0 Å². The van der Waals surface area contributed by atoms with Gasteiger partial charge in [-0.05, 0) is 5.92 Å². The highest BCUT2D eigenvalue weighted by Gasteiger charge is 2.04. The fraction of sp³-hybridized carbons (Fsp3) is 1.00. The molecule has 0 aromatic carbocycles. The van der Waals surface area contributed by atoms with E-state index >= 15 is 0 Å². The Morgan fingerprint density at radius 2 is 2.00 bits per heavy atom. The van der Waals surface area contributed by atoms with Gasteiger partial charge in [0.15, 0.2) is 0 Å². The van der Waals surface area contributed by atoms with Gasteiger partial charge in [0.2, 0.25) is 0 Å². The van der Waals surface area contributed by atoms with Gasteiger partial charge in [0.25, 0.3) is 0 Å². The molecule has 0 rings (SSSR count). The Hall–Kier alpha value is 0.250. The number of hydrogen-bond acceptors (Lipinski definition) is 1. The van der Waals surface area contributed by atoms with Crippen LogP contribution in [0.15, 0.2) is 0 Å². The lowest BCUT2D eigenvalue weighted by atomic mass is 10.1. The lowest BCUT2D eigenvalue weighted by Gasteiger charge is -2.07. The van der Waals surface area contributed by atoms with Gasteiger partial charge in [0, 0.05) is 11.9 Å². The maximum absolute atomic E-state index is 5.68. The monoisotopic (exact) mass is 121 g/mol. The van der Waals surface area contributed by atoms with Crippen molar-refractivity contribution in [2.75, 3.05) is 6.54 Å². The van der Waals surface area contributed by atoms with Gasteiger partial charge in [-0.15, -0.1) is 11.6 Å². The van der Waals surface area contributed by atoms with Crippen LogP contribution in [0.2, 0.25) is 0 Å². The van der Waals surface area contributed by atoms with Crippen LogP contribution in [0.1, 0.15) is 13.8 Å². The Morgan fingerprint density at radius 1 is 1.57 bits per heavy atom. The van der Waals surface area contributed by atoms with Gasteiger partial charge >= 0.3 is 0 Å². The van der Waals surface area contributed by atoms with Crippen LogP contribution in [-0.2, 0) is 0 Å². The molecule has 7 heavy (non-hydrogen) atoms. The molecular formula is C5H12ClN. The molecule has 0 aliphatic heterocycles. The van der Waals surface area contributed by atoms with E-state index in [0.717, 1.165) is 0 Å². The van der Waals surface area contributed by atoms with E-state index in [1.54, 1.807) is 0 Å². The van der Waals surface area contributed by atoms with E-state index in [1.807, 2.05) is 0 Å². The summed E-state index contributed by atoms with van der Waals surface area (Å²) in [5.41, 5.74) is 5.24. The Balaban J connectivity index is 3.14. The van der Waals surface area contributed by atoms with E-state index in [1.165, 1.54) is 0 Å². The molecule has 0 saturated carbocycles. The second-order valence-electron chi connectivity index (χ2n) is 2.00. The van der Waals surface area contributed by atoms with Crippen LogP contribution in [0.4, 0.5) is 0 Å². The van der Waals surface area contributed by atoms with Gasteiger partial charge in [0.1, 0.15) is 0 Å². The number of nitrogens with two attached hydrogens (primary N) is 1. The quantitative estimate of drug-likeness (QED) is 0.546. The average Bonchev–Trinajstić information content (AvgIpc) is 1.65. The third kappa shape index (κ3) is 2.89. The zero-order chi connectivity index (χ0) is 5.86. The Labute approximate surface area is 49.8 Å². The molecule has 0 bridgehead atoms. The van der Waals surface area contributed by atoms with Crippen molar-refractivity contribution in [2.45, 2.75) is 19.2 Å². The minimum absolute atomic E-state index is 0.153. The summed E-state index contributed by atoms with van der Waals surface area (Å²) < 4.78 is 0. The Kier molecular flexibility index (Phi) is 3.39. The third-order valence-electron chi connectivity index (χ3n) is 0.949. The maximum atomic E-state index is 5.68. The SMILES string of the molecule is CC(C)C(Cl)CN. The molecule has 2 N–H and O–H groups in total. The summed E-state index contributed by atoms with van der Waals surface area (Å²) >= 11 is 5.68. The van der Waals surface area contributed by atoms with Crippen molar-refractivity contribution >= 4 is 11.6 Å². The second-order valence-corrected chi connectivity index (χ2v) is 2.56. The molecule has 0 radical (unpaired) electrons. The highest BCUT2D eigenvalue weighted by Crippen LogP contribution is 2.05. The van der Waals surface area contributed by atoms with E-state index in [4.69, 9.17) is 17.3 Å². The number of halogens is 1. The van der Waals surface area contributed by atoms with Gasteiger partial charge in [0.05, 0.1) is 0 Å². The van der Waals surface area contributed by atoms with E-state index < -0.39 is 0 Å². The highest BCUT2D eigenvalue weighted by atomic mass is 35.5. The van der Waals surface area contributed by atoms with Crippen LogP contribution < -0.4 is 5.73 Å². The average molecular weight is 122 g/mol. The molecule has 0 aromatic heterocycles. The van der Waals surface area contributed by atoms with Crippen LogP contribution in [0.5, 0.6) is 0 Å². The van der Waals surface area contributed by atoms with Crippen molar-refractivity contribution in [1.82, 2.24) is 0 Å². The predicted molar refractivity (Wildman–Crippen MR) is 33.5 cm³/mol. The van der Waals surface area contributed by atoms with E-state index in [2.05, 4.69) is 13.8 Å². The van der Waals surface area contributed by atoms with Gasteiger partial charge in [-0.1, -0.05) is 13.8 Å². The molecule has 1 unspecified atom stereocenters. The fourth-order valence-electron chi connectivity index (χ4n) is 0.272. The normalized spacial score (nSPS) is 15.0. The summed E-state index contributed by atoms with van der Waals surface area (Å²) in [7, 11) is 0. The molecule has 0 saturated heterocycles. The molecule has 0 heterocycles. The zero-order valence-corrected chi connectivity index (χ0v) is 5.57. The molecule has 0 fully saturated rings. The van der Waals surface area contributed by atoms with E-state index in [-0.39, 0.29) is 5.38 Å². The first-order valence-electron chi connectivity index (χ1n) is 2.52. The van der Waals surface area contributed by atoms with Crippen LogP contribution in [0, 0.1) is 5.92 Å². The minimum Gasteiger partial charge on any atom is -0.329 e. The van der Waals surface area contributed by atoms with Crippen molar-refractivity contribution in [2.24, 2.45) is 11.7 Å². The molecule has 1 nitrogen and oxygen atoms in total. The highest BCUT2D eigenvalue weighted by molar-refractivity contribution is 6.20. The lowest BCUT2D eigenvalue weighted by molar-refractivity contribution is 0.605. The number of alkyl halides is 1. The summed E-state index contributed by atoms with van der Waals surface area (Å²) in [4.78, 5) is 0. The van der Waals surface area contributed by atoms with Crippen molar-refractivity contribution in [3.05, 3.63) is 0 Å². The van der Waals surface area contributed by atoms with Crippen molar-refractivity contribution in [3.63, 3.8) is 0 Å². The first-order chi connectivity index (χ1) is 3.18. The predicted octanol–water partition coefficient (Wildman–Crippen LogP) is 1.21. The summed E-state index contributed by atoms with van der Waals surface area (Å²) in [6, 6.07) is 0. The largest absolute Gasteiger partial charge is 0.329 e. The zero-order valence-electron chi connectivity index (χ0n) is 4.82. The molecular weight excluding hydrogens is 110 g/mol. The Bertz CT molecular complexity index is 45.3. The first-order valence-corrected chi connectivity index (χ1v) is 2.96. The second kappa shape index (κ2) is 3.28. The van der Waals surface area contributed by atoms with E-state index in [9.17, 15) is 0 Å². The Morgan fingerprint density at radius 3 is 2.00 bits per heavy atom. The molecule has 0 aliphatic rings. The summed E-state index contributed by atoms with van der Waals surface area (Å²) in [5.74, 6) is 0.506. The maximum Gasteiger partial charge on any atom is 0.0481 e. The summed E-state index contributed by atoms with van der Waals surface area (Å²) in [6.07, 6.45) is 0. The van der Waals surface area contributed by atoms with Crippen molar-refractivity contribution in [3.8, 4) is 0 Å². The van der Waals surface area contributed by atoms with Crippen LogP contribution in [-0.4, -0.2) is 11.9 Å². The summed E-state index contributed by atoms with van der Waals surface area (Å²) in [5, 5.41) is 0.153. The smallest absolute Gasteiger partial charge is 0.0481 e. The van der Waals surface area contributed by atoms with Crippen LogP contribution in [0.3, 0.4) is 0 Å². The molecule has 0 spiro atoms. The summed E-state index contributed by atoms with van der Waals surface area (Å²) in [6.45, 7) is 4.70. The molecule has 0 aliphatic carbocycles. The lowest BCUT2D eigenvalue weighted by Crippen LogP contribution is -2.19. The standard InChI is InChI=1S/C5H12ClN/c1-4(2)5(6)3-7/h4-5H,3,7H2,1-2H3. The molecule has 1 atom stereocenters. The van der Waals surface area contributed by atoms with Gasteiger partial charge in [-0.2, -0.15) is 0 Å². The first kappa shape index (κ1) is 7.25. The van der Waals surface area contributed by atoms with Crippen molar-refractivity contribution < 1.29 is 0 Å². The molecule has 2 heteroatoms. The topological polar surface area (TPSA) is 26.0 Å². The van der Waals surface area contributed by atoms with Crippen LogP contribution in [0.25, 0.3) is 0 Å². The van der Waals surface area contributed by atoms with Gasteiger partial charge in [-0.25, -0.2) is 0 Å². The molecule has 0 amide bonds. The molecule has 44 valence electrons. The molecule has 0 aromatic rings. The third-order valence-corrected chi connectivity index (χ3v) is 1.63. The van der Waals surface area contributed by atoms with Gasteiger partial charge in [-0.3, -0.25) is 0 Å². The number of rotatable bonds is 2. The fourth-order valence-corrected chi connectivity index (χ4v) is 0.272.